The number of hydrogen-bond acceptors (Lipinski definition) is 4. The third kappa shape index (κ3) is 3.50. The Morgan fingerprint density at radius 3 is 2.69 bits per heavy atom. The van der Waals surface area contributed by atoms with Crippen molar-refractivity contribution in [3.63, 3.8) is 0 Å². The lowest BCUT2D eigenvalue weighted by Gasteiger charge is -2.22. The molecule has 0 atom stereocenters. The van der Waals surface area contributed by atoms with Crippen LogP contribution in [0.4, 0.5) is 0 Å². The fraction of sp³-hybridized carbons (Fsp3) is 0.524. The minimum Gasteiger partial charge on any atom is -0.274 e. The zero-order chi connectivity index (χ0) is 18.3. The van der Waals surface area contributed by atoms with Crippen molar-refractivity contribution in [3.05, 3.63) is 28.8 Å². The molecule has 0 amide bonds. The number of carbonyl (C=O) groups excluding carboxylic acids is 1. The number of aromatic nitrogens is 1. The zero-order valence-corrected chi connectivity index (χ0v) is 17.9. The third-order valence-electron chi connectivity index (χ3n) is 5.42. The van der Waals surface area contributed by atoms with Crippen LogP contribution >= 0.6 is 35.7 Å². The normalized spacial score (nSPS) is 19.6. The van der Waals surface area contributed by atoms with E-state index >= 15 is 0 Å². The predicted molar refractivity (Wildman–Crippen MR) is 115 cm³/mol. The number of thioether (sulfide) groups is 2. The molecule has 2 heterocycles. The highest BCUT2D eigenvalue weighted by molar-refractivity contribution is 8.20. The monoisotopic (exact) mass is 403 g/mol. The smallest absolute Gasteiger partial charge is 0.232 e. The number of hydrogen-bond donors (Lipinski definition) is 0. The standard InChI is InChI=1S/C21H25NOS3/c1-21(2)25-19-18(24)15-10-6-7-11-16(15)22(20(19)26-21)17(23)13-12-14-8-4-3-5-9-14/h6-7,10-11,14H,3-5,8-9,12-13H2,1-2H3. The SMILES string of the molecule is CC1(C)Sc2c(n(C(=O)CCC3CCCCC3)c3ccccc3c2=S)S1. The van der Waals surface area contributed by atoms with E-state index in [0.717, 1.165) is 37.7 Å². The van der Waals surface area contributed by atoms with E-state index in [1.807, 2.05) is 22.8 Å². The van der Waals surface area contributed by atoms with Gasteiger partial charge in [0.1, 0.15) is 0 Å². The zero-order valence-electron chi connectivity index (χ0n) is 15.4. The molecule has 1 aromatic heterocycles. The van der Waals surface area contributed by atoms with Gasteiger partial charge in [-0.15, -0.1) is 11.8 Å². The van der Waals surface area contributed by atoms with Crippen LogP contribution < -0.4 is 0 Å². The van der Waals surface area contributed by atoms with E-state index < -0.39 is 0 Å². The summed E-state index contributed by atoms with van der Waals surface area (Å²) >= 11 is 9.35. The molecule has 2 aliphatic rings. The van der Waals surface area contributed by atoms with Gasteiger partial charge in [0.2, 0.25) is 5.91 Å². The van der Waals surface area contributed by atoms with Crippen LogP contribution in [0.1, 0.15) is 63.6 Å². The Hall–Kier alpha value is -0.780. The first-order valence-electron chi connectivity index (χ1n) is 9.55. The van der Waals surface area contributed by atoms with Gasteiger partial charge in [-0.2, -0.15) is 0 Å². The summed E-state index contributed by atoms with van der Waals surface area (Å²) in [7, 11) is 0. The second kappa shape index (κ2) is 7.33. The van der Waals surface area contributed by atoms with Gasteiger partial charge in [-0.05, 0) is 32.3 Å². The highest BCUT2D eigenvalue weighted by Crippen LogP contribution is 2.56. The number of fused-ring (bicyclic) bond motifs is 2. The van der Waals surface area contributed by atoms with Crippen molar-refractivity contribution < 1.29 is 4.79 Å². The molecule has 1 aromatic carbocycles. The molecule has 2 nitrogen and oxygen atoms in total. The van der Waals surface area contributed by atoms with Crippen LogP contribution in [0.3, 0.4) is 0 Å². The number of para-hydroxylation sites is 1. The first-order chi connectivity index (χ1) is 12.5. The summed E-state index contributed by atoms with van der Waals surface area (Å²) in [6.45, 7) is 4.41. The van der Waals surface area contributed by atoms with Gasteiger partial charge < -0.3 is 0 Å². The summed E-state index contributed by atoms with van der Waals surface area (Å²) in [4.78, 5) is 14.4. The van der Waals surface area contributed by atoms with Crippen molar-refractivity contribution in [3.8, 4) is 0 Å². The van der Waals surface area contributed by atoms with Gasteiger partial charge in [-0.25, -0.2) is 0 Å². The summed E-state index contributed by atoms with van der Waals surface area (Å²) in [5.74, 6) is 0.952. The van der Waals surface area contributed by atoms with Gasteiger partial charge >= 0.3 is 0 Å². The maximum atomic E-state index is 13.3. The molecule has 138 valence electrons. The molecule has 0 saturated heterocycles. The number of pyridine rings is 1. The summed E-state index contributed by atoms with van der Waals surface area (Å²) in [5, 5.41) is 2.08. The molecule has 0 bridgehead atoms. The highest BCUT2D eigenvalue weighted by Gasteiger charge is 2.35. The minimum absolute atomic E-state index is 0.0126. The second-order valence-corrected chi connectivity index (χ2v) is 11.8. The van der Waals surface area contributed by atoms with E-state index in [1.165, 1.54) is 32.1 Å². The number of nitrogens with zero attached hydrogens (tertiary/aromatic N) is 1. The number of rotatable bonds is 3. The first kappa shape index (κ1) is 18.6. The van der Waals surface area contributed by atoms with E-state index in [9.17, 15) is 4.79 Å². The van der Waals surface area contributed by atoms with Gasteiger partial charge in [0, 0.05) is 11.8 Å². The van der Waals surface area contributed by atoms with Gasteiger partial charge in [-0.3, -0.25) is 9.36 Å². The average Bonchev–Trinajstić information content (AvgIpc) is 2.96. The lowest BCUT2D eigenvalue weighted by atomic mass is 9.86. The molecule has 0 radical (unpaired) electrons. The van der Waals surface area contributed by atoms with Crippen LogP contribution in [0.2, 0.25) is 0 Å². The molecule has 26 heavy (non-hydrogen) atoms. The summed E-state index contributed by atoms with van der Waals surface area (Å²) in [6.07, 6.45) is 8.25. The molecule has 0 spiro atoms. The van der Waals surface area contributed by atoms with Gasteiger partial charge in [-0.1, -0.05) is 74.3 Å². The van der Waals surface area contributed by atoms with E-state index in [2.05, 4.69) is 19.9 Å². The van der Waals surface area contributed by atoms with E-state index in [0.29, 0.717) is 6.42 Å². The molecule has 0 N–H and O–H groups in total. The van der Waals surface area contributed by atoms with Crippen LogP contribution in [0.5, 0.6) is 0 Å². The van der Waals surface area contributed by atoms with Crippen molar-refractivity contribution >= 4 is 52.6 Å². The van der Waals surface area contributed by atoms with Crippen molar-refractivity contribution in [2.24, 2.45) is 5.92 Å². The van der Waals surface area contributed by atoms with E-state index in [1.54, 1.807) is 23.5 Å². The van der Waals surface area contributed by atoms with Crippen molar-refractivity contribution in [1.29, 1.82) is 0 Å². The Balaban J connectivity index is 1.73. The molecule has 5 heteroatoms. The highest BCUT2D eigenvalue weighted by atomic mass is 32.2. The Bertz CT molecular complexity index is 909. The summed E-state index contributed by atoms with van der Waals surface area (Å²) in [5.41, 5.74) is 0.968. The molecule has 1 fully saturated rings. The van der Waals surface area contributed by atoms with Crippen LogP contribution in [0, 0.1) is 10.4 Å². The van der Waals surface area contributed by atoms with Crippen molar-refractivity contribution in [2.45, 2.75) is 72.8 Å². The predicted octanol–water partition coefficient (Wildman–Crippen LogP) is 7.31. The topological polar surface area (TPSA) is 22.0 Å². The first-order valence-corrected chi connectivity index (χ1v) is 11.6. The fourth-order valence-corrected chi connectivity index (χ4v) is 7.32. The van der Waals surface area contributed by atoms with E-state index in [-0.39, 0.29) is 9.99 Å². The molecule has 2 aromatic rings. The second-order valence-electron chi connectivity index (χ2n) is 7.86. The summed E-state index contributed by atoms with van der Waals surface area (Å²) < 4.78 is 2.88. The molecule has 1 saturated carbocycles. The Labute approximate surface area is 169 Å². The van der Waals surface area contributed by atoms with Gasteiger partial charge in [0.15, 0.2) is 0 Å². The molecular weight excluding hydrogens is 378 g/mol. The van der Waals surface area contributed by atoms with Gasteiger partial charge in [0.25, 0.3) is 0 Å². The Morgan fingerprint density at radius 1 is 1.19 bits per heavy atom. The average molecular weight is 404 g/mol. The molecule has 0 unspecified atom stereocenters. The van der Waals surface area contributed by atoms with Gasteiger partial charge in [0.05, 0.1) is 24.0 Å². The fourth-order valence-electron chi connectivity index (χ4n) is 4.14. The van der Waals surface area contributed by atoms with Crippen molar-refractivity contribution in [1.82, 2.24) is 4.57 Å². The van der Waals surface area contributed by atoms with Crippen LogP contribution in [0.25, 0.3) is 10.9 Å². The molecule has 4 rings (SSSR count). The van der Waals surface area contributed by atoms with Crippen LogP contribution in [-0.4, -0.2) is 14.6 Å². The minimum atomic E-state index is 0.0126. The van der Waals surface area contributed by atoms with Crippen molar-refractivity contribution in [2.75, 3.05) is 0 Å². The van der Waals surface area contributed by atoms with Crippen LogP contribution in [0.15, 0.2) is 34.2 Å². The Kier molecular flexibility index (Phi) is 5.23. The molecule has 1 aliphatic heterocycles. The third-order valence-corrected chi connectivity index (χ3v) is 8.77. The van der Waals surface area contributed by atoms with Crippen LogP contribution in [-0.2, 0) is 0 Å². The summed E-state index contributed by atoms with van der Waals surface area (Å²) in [6, 6.07) is 8.12. The number of carbonyl (C=O) groups is 1. The Morgan fingerprint density at radius 2 is 1.92 bits per heavy atom. The molecular formula is C21H25NOS3. The maximum Gasteiger partial charge on any atom is 0.232 e. The number of benzene rings is 1. The lowest BCUT2D eigenvalue weighted by Crippen LogP contribution is -2.17. The molecule has 1 aliphatic carbocycles. The van der Waals surface area contributed by atoms with E-state index in [4.69, 9.17) is 12.2 Å². The lowest BCUT2D eigenvalue weighted by molar-refractivity contribution is 0.0883. The maximum absolute atomic E-state index is 13.3. The largest absolute Gasteiger partial charge is 0.274 e. The quantitative estimate of drug-likeness (QED) is 0.501.